The minimum Gasteiger partial charge on any atom is -0.394 e. The molecule has 1 aromatic rings. The second-order valence-corrected chi connectivity index (χ2v) is 4.22. The first kappa shape index (κ1) is 15.1. The molecular formula is C12H20ClN3O2. The molecule has 102 valence electrons. The normalized spacial score (nSPS) is 10.6. The first-order chi connectivity index (χ1) is 8.79. The van der Waals surface area contributed by atoms with E-state index in [1.807, 2.05) is 0 Å². The number of nitrogens with zero attached hydrogens (tertiary/aromatic N) is 2. The van der Waals surface area contributed by atoms with Crippen LogP contribution in [-0.4, -0.2) is 41.4 Å². The molecule has 18 heavy (non-hydrogen) atoms. The van der Waals surface area contributed by atoms with Gasteiger partial charge < -0.3 is 15.2 Å². The van der Waals surface area contributed by atoms with Crippen molar-refractivity contribution < 1.29 is 9.84 Å². The lowest BCUT2D eigenvalue weighted by Crippen LogP contribution is -2.10. The van der Waals surface area contributed by atoms with Gasteiger partial charge in [-0.25, -0.2) is 9.97 Å². The zero-order chi connectivity index (χ0) is 13.2. The molecule has 0 saturated heterocycles. The number of aromatic nitrogens is 2. The summed E-state index contributed by atoms with van der Waals surface area (Å²) in [6.07, 6.45) is 4.18. The van der Waals surface area contributed by atoms with E-state index in [0.29, 0.717) is 18.4 Å². The number of aliphatic hydroxyl groups excluding tert-OH is 1. The quantitative estimate of drug-likeness (QED) is 0.531. The number of hydrogen-bond donors (Lipinski definition) is 2. The van der Waals surface area contributed by atoms with Crippen molar-refractivity contribution in [3.63, 3.8) is 0 Å². The maximum atomic E-state index is 8.55. The van der Waals surface area contributed by atoms with Crippen molar-refractivity contribution in [3.05, 3.63) is 17.0 Å². The van der Waals surface area contributed by atoms with Crippen LogP contribution in [0.3, 0.4) is 0 Å². The Morgan fingerprint density at radius 2 is 2.22 bits per heavy atom. The second kappa shape index (κ2) is 9.08. The predicted octanol–water partition coefficient (Wildman–Crippen LogP) is 1.89. The molecule has 2 N–H and O–H groups in total. The third-order valence-corrected chi connectivity index (χ3v) is 2.71. The Bertz CT molecular complexity index is 350. The van der Waals surface area contributed by atoms with Crippen LogP contribution in [0.2, 0.25) is 5.15 Å². The number of aliphatic hydroxyl groups is 1. The van der Waals surface area contributed by atoms with Gasteiger partial charge >= 0.3 is 0 Å². The monoisotopic (exact) mass is 273 g/mol. The van der Waals surface area contributed by atoms with E-state index in [9.17, 15) is 0 Å². The minimum absolute atomic E-state index is 0.0651. The summed E-state index contributed by atoms with van der Waals surface area (Å²) in [6.45, 7) is 3.93. The lowest BCUT2D eigenvalue weighted by Gasteiger charge is -2.11. The van der Waals surface area contributed by atoms with Crippen LogP contribution in [0.5, 0.6) is 0 Å². The van der Waals surface area contributed by atoms with Crippen LogP contribution in [0.25, 0.3) is 0 Å². The molecule has 0 unspecified atom stereocenters. The van der Waals surface area contributed by atoms with Crippen LogP contribution in [0.1, 0.15) is 25.3 Å². The molecule has 0 aliphatic heterocycles. The zero-order valence-electron chi connectivity index (χ0n) is 10.7. The standard InChI is InChI=1S/C12H20ClN3O2/c1-2-4-10-11(13)15-9-16-12(10)14-5-3-7-18-8-6-17/h9,17H,2-8H2,1H3,(H,14,15,16). The Hall–Kier alpha value is -0.910. The SMILES string of the molecule is CCCc1c(Cl)ncnc1NCCCOCCO. The third-order valence-electron chi connectivity index (χ3n) is 2.39. The molecule has 0 spiro atoms. The van der Waals surface area contributed by atoms with Gasteiger partial charge in [-0.1, -0.05) is 24.9 Å². The van der Waals surface area contributed by atoms with Gasteiger partial charge in [-0.05, 0) is 12.8 Å². The largest absolute Gasteiger partial charge is 0.394 e. The third kappa shape index (κ3) is 5.16. The summed E-state index contributed by atoms with van der Waals surface area (Å²) in [5, 5.41) is 12.3. The number of halogens is 1. The van der Waals surface area contributed by atoms with Crippen LogP contribution in [0.15, 0.2) is 6.33 Å². The Balaban J connectivity index is 2.39. The van der Waals surface area contributed by atoms with E-state index >= 15 is 0 Å². The smallest absolute Gasteiger partial charge is 0.137 e. The van der Waals surface area contributed by atoms with Gasteiger partial charge in [0.25, 0.3) is 0 Å². The first-order valence-electron chi connectivity index (χ1n) is 6.21. The molecule has 1 rings (SSSR count). The second-order valence-electron chi connectivity index (χ2n) is 3.86. The number of rotatable bonds is 9. The molecule has 0 atom stereocenters. The summed E-state index contributed by atoms with van der Waals surface area (Å²) in [6, 6.07) is 0. The molecular weight excluding hydrogens is 254 g/mol. The molecule has 5 nitrogen and oxygen atoms in total. The fourth-order valence-corrected chi connectivity index (χ4v) is 1.79. The maximum absolute atomic E-state index is 8.55. The van der Waals surface area contributed by atoms with E-state index in [1.54, 1.807) is 0 Å². The molecule has 0 aliphatic carbocycles. The first-order valence-corrected chi connectivity index (χ1v) is 6.59. The fraction of sp³-hybridized carbons (Fsp3) is 0.667. The van der Waals surface area contributed by atoms with Gasteiger partial charge in [0.2, 0.25) is 0 Å². The highest BCUT2D eigenvalue weighted by atomic mass is 35.5. The number of anilines is 1. The van der Waals surface area contributed by atoms with Crippen LogP contribution < -0.4 is 5.32 Å². The minimum atomic E-state index is 0.0651. The van der Waals surface area contributed by atoms with Crippen LogP contribution in [0, 0.1) is 0 Å². The van der Waals surface area contributed by atoms with E-state index in [-0.39, 0.29) is 6.61 Å². The van der Waals surface area contributed by atoms with E-state index < -0.39 is 0 Å². The number of hydrogen-bond acceptors (Lipinski definition) is 5. The molecule has 1 aromatic heterocycles. The van der Waals surface area contributed by atoms with Crippen molar-refractivity contribution in [2.24, 2.45) is 0 Å². The molecule has 0 saturated carbocycles. The molecule has 0 aromatic carbocycles. The molecule has 0 fully saturated rings. The van der Waals surface area contributed by atoms with Crippen molar-refractivity contribution >= 4 is 17.4 Å². The molecule has 0 aliphatic rings. The molecule has 0 amide bonds. The van der Waals surface area contributed by atoms with Crippen molar-refractivity contribution in [1.29, 1.82) is 0 Å². The van der Waals surface area contributed by atoms with Gasteiger partial charge in [-0.2, -0.15) is 0 Å². The summed E-state index contributed by atoms with van der Waals surface area (Å²) in [5.74, 6) is 0.805. The summed E-state index contributed by atoms with van der Waals surface area (Å²) in [5.41, 5.74) is 0.970. The highest BCUT2D eigenvalue weighted by Gasteiger charge is 2.08. The van der Waals surface area contributed by atoms with Crippen molar-refractivity contribution in [1.82, 2.24) is 9.97 Å². The lowest BCUT2D eigenvalue weighted by molar-refractivity contribution is 0.0922. The van der Waals surface area contributed by atoms with Crippen molar-refractivity contribution in [3.8, 4) is 0 Å². The van der Waals surface area contributed by atoms with E-state index in [0.717, 1.165) is 37.2 Å². The van der Waals surface area contributed by atoms with Gasteiger partial charge in [-0.15, -0.1) is 0 Å². The van der Waals surface area contributed by atoms with Gasteiger partial charge in [0.15, 0.2) is 0 Å². The van der Waals surface area contributed by atoms with E-state index in [4.69, 9.17) is 21.4 Å². The zero-order valence-corrected chi connectivity index (χ0v) is 11.4. The average molecular weight is 274 g/mol. The molecule has 0 radical (unpaired) electrons. The predicted molar refractivity (Wildman–Crippen MR) is 72.0 cm³/mol. The highest BCUT2D eigenvalue weighted by molar-refractivity contribution is 6.30. The molecule has 6 heteroatoms. The summed E-state index contributed by atoms with van der Waals surface area (Å²) in [7, 11) is 0. The number of nitrogens with one attached hydrogen (secondary N) is 1. The van der Waals surface area contributed by atoms with E-state index in [2.05, 4.69) is 22.2 Å². The van der Waals surface area contributed by atoms with E-state index in [1.165, 1.54) is 6.33 Å². The summed E-state index contributed by atoms with van der Waals surface area (Å²) >= 11 is 6.05. The van der Waals surface area contributed by atoms with Gasteiger partial charge in [0.1, 0.15) is 17.3 Å². The fourth-order valence-electron chi connectivity index (χ4n) is 1.56. The number of ether oxygens (including phenoxy) is 1. The lowest BCUT2D eigenvalue weighted by atomic mass is 10.2. The summed E-state index contributed by atoms with van der Waals surface area (Å²) in [4.78, 5) is 8.19. The maximum Gasteiger partial charge on any atom is 0.137 e. The van der Waals surface area contributed by atoms with Crippen molar-refractivity contribution in [2.75, 3.05) is 31.7 Å². The molecule has 1 heterocycles. The Kier molecular flexibility index (Phi) is 7.64. The van der Waals surface area contributed by atoms with Crippen molar-refractivity contribution in [2.45, 2.75) is 26.2 Å². The Morgan fingerprint density at radius 1 is 1.39 bits per heavy atom. The Morgan fingerprint density at radius 3 is 2.94 bits per heavy atom. The topological polar surface area (TPSA) is 67.3 Å². The highest BCUT2D eigenvalue weighted by Crippen LogP contribution is 2.21. The molecule has 0 bridgehead atoms. The van der Waals surface area contributed by atoms with Gasteiger partial charge in [0.05, 0.1) is 13.2 Å². The van der Waals surface area contributed by atoms with Crippen LogP contribution in [0.4, 0.5) is 5.82 Å². The van der Waals surface area contributed by atoms with Crippen LogP contribution >= 0.6 is 11.6 Å². The average Bonchev–Trinajstić information content (AvgIpc) is 2.37. The Labute approximate surface area is 113 Å². The van der Waals surface area contributed by atoms with Crippen LogP contribution in [-0.2, 0) is 11.2 Å². The van der Waals surface area contributed by atoms with Gasteiger partial charge in [-0.3, -0.25) is 0 Å². The van der Waals surface area contributed by atoms with Gasteiger partial charge in [0, 0.05) is 18.7 Å². The summed E-state index contributed by atoms with van der Waals surface area (Å²) < 4.78 is 5.17.